The van der Waals surface area contributed by atoms with Gasteiger partial charge in [-0.1, -0.05) is 42.5 Å². The summed E-state index contributed by atoms with van der Waals surface area (Å²) < 4.78 is 0. The summed E-state index contributed by atoms with van der Waals surface area (Å²) in [6.45, 7) is 9.98. The number of carbonyl (C=O) groups is 1. The maximum absolute atomic E-state index is 12.4. The lowest BCUT2D eigenvalue weighted by atomic mass is 10.2. The van der Waals surface area contributed by atoms with Crippen LogP contribution < -0.4 is 0 Å². The van der Waals surface area contributed by atoms with Crippen molar-refractivity contribution in [3.63, 3.8) is 0 Å². The molecule has 2 aliphatic rings. The number of hydrogen-bond acceptors (Lipinski definition) is 2. The van der Waals surface area contributed by atoms with Crippen molar-refractivity contribution in [1.82, 2.24) is 9.80 Å². The second-order valence-electron chi connectivity index (χ2n) is 6.37. The summed E-state index contributed by atoms with van der Waals surface area (Å²) in [7, 11) is 0. The lowest BCUT2D eigenvalue weighted by molar-refractivity contribution is -0.134. The van der Waals surface area contributed by atoms with E-state index in [1.54, 1.807) is 0 Å². The molecule has 2 unspecified atom stereocenters. The first-order valence-electron chi connectivity index (χ1n) is 7.89. The van der Waals surface area contributed by atoms with Crippen molar-refractivity contribution in [2.75, 3.05) is 19.6 Å². The summed E-state index contributed by atoms with van der Waals surface area (Å²) in [4.78, 5) is 17.0. The van der Waals surface area contributed by atoms with E-state index in [0.717, 1.165) is 44.6 Å². The fourth-order valence-corrected chi connectivity index (χ4v) is 3.23. The molecule has 2 atom stereocenters. The van der Waals surface area contributed by atoms with Crippen molar-refractivity contribution >= 4 is 5.91 Å². The molecule has 1 saturated heterocycles. The number of hydrogen-bond donors (Lipinski definition) is 0. The molecule has 0 N–H and O–H groups in total. The molecule has 21 heavy (non-hydrogen) atoms. The van der Waals surface area contributed by atoms with Crippen LogP contribution in [0, 0.1) is 5.92 Å². The molecular formula is C18H24N2O. The molecule has 2 fully saturated rings. The number of rotatable bonds is 3. The van der Waals surface area contributed by atoms with Crippen LogP contribution in [-0.2, 0) is 11.3 Å². The minimum atomic E-state index is 0.119. The van der Waals surface area contributed by atoms with E-state index in [4.69, 9.17) is 0 Å². The maximum Gasteiger partial charge on any atom is 0.230 e. The van der Waals surface area contributed by atoms with Gasteiger partial charge in [-0.25, -0.2) is 0 Å². The van der Waals surface area contributed by atoms with Crippen molar-refractivity contribution in [2.24, 2.45) is 5.92 Å². The van der Waals surface area contributed by atoms with Gasteiger partial charge in [-0.05, 0) is 25.3 Å². The Morgan fingerprint density at radius 1 is 1.29 bits per heavy atom. The Hall–Kier alpha value is -1.61. The Morgan fingerprint density at radius 2 is 2.00 bits per heavy atom. The van der Waals surface area contributed by atoms with Crippen molar-refractivity contribution in [3.05, 3.63) is 48.0 Å². The van der Waals surface area contributed by atoms with Crippen LogP contribution in [0.2, 0.25) is 0 Å². The van der Waals surface area contributed by atoms with Crippen LogP contribution in [0.5, 0.6) is 0 Å². The molecule has 1 aromatic rings. The maximum atomic E-state index is 12.4. The first-order chi connectivity index (χ1) is 10.1. The van der Waals surface area contributed by atoms with Gasteiger partial charge in [0.2, 0.25) is 5.91 Å². The van der Waals surface area contributed by atoms with Crippen molar-refractivity contribution < 1.29 is 4.79 Å². The molecule has 1 aliphatic carbocycles. The predicted octanol–water partition coefficient (Wildman–Crippen LogP) is 2.69. The number of nitrogens with zero attached hydrogens (tertiary/aromatic N) is 2. The van der Waals surface area contributed by atoms with Crippen LogP contribution in [0.15, 0.2) is 42.5 Å². The third kappa shape index (κ3) is 3.35. The molecule has 0 aromatic heterocycles. The molecule has 0 bridgehead atoms. The lowest BCUT2D eigenvalue weighted by Gasteiger charge is -2.29. The molecule has 112 valence electrons. The summed E-state index contributed by atoms with van der Waals surface area (Å²) in [6, 6.07) is 10.9. The highest BCUT2D eigenvalue weighted by molar-refractivity contribution is 5.86. The molecule has 3 nitrogen and oxygen atoms in total. The van der Waals surface area contributed by atoms with Crippen molar-refractivity contribution in [2.45, 2.75) is 32.4 Å². The molecule has 0 radical (unpaired) electrons. The fourth-order valence-electron chi connectivity index (χ4n) is 3.23. The Bertz CT molecular complexity index is 525. The Kier molecular flexibility index (Phi) is 4.11. The van der Waals surface area contributed by atoms with Crippen LogP contribution in [0.25, 0.3) is 0 Å². The average Bonchev–Trinajstić information content (AvgIpc) is 3.22. The van der Waals surface area contributed by atoms with E-state index in [0.29, 0.717) is 5.91 Å². The van der Waals surface area contributed by atoms with Gasteiger partial charge in [-0.2, -0.15) is 0 Å². The largest absolute Gasteiger partial charge is 0.338 e. The van der Waals surface area contributed by atoms with Gasteiger partial charge in [0.1, 0.15) is 0 Å². The van der Waals surface area contributed by atoms with Gasteiger partial charge in [0.05, 0.1) is 5.92 Å². The van der Waals surface area contributed by atoms with E-state index >= 15 is 0 Å². The average molecular weight is 284 g/mol. The molecule has 1 amide bonds. The SMILES string of the molecule is C=C1CC1C(=O)N1CCCN(Cc2ccccc2)CC1C. The van der Waals surface area contributed by atoms with E-state index in [1.165, 1.54) is 5.56 Å². The van der Waals surface area contributed by atoms with Gasteiger partial charge >= 0.3 is 0 Å². The monoisotopic (exact) mass is 284 g/mol. The van der Waals surface area contributed by atoms with E-state index in [9.17, 15) is 4.79 Å². The second-order valence-corrected chi connectivity index (χ2v) is 6.37. The smallest absolute Gasteiger partial charge is 0.230 e. The van der Waals surface area contributed by atoms with Gasteiger partial charge in [0.15, 0.2) is 0 Å². The fraction of sp³-hybridized carbons (Fsp3) is 0.500. The molecule has 1 aliphatic heterocycles. The Morgan fingerprint density at radius 3 is 2.67 bits per heavy atom. The minimum absolute atomic E-state index is 0.119. The molecule has 1 heterocycles. The zero-order chi connectivity index (χ0) is 14.8. The van der Waals surface area contributed by atoms with Gasteiger partial charge in [0, 0.05) is 32.2 Å². The molecule has 1 aromatic carbocycles. The van der Waals surface area contributed by atoms with E-state index < -0.39 is 0 Å². The quantitative estimate of drug-likeness (QED) is 0.797. The summed E-state index contributed by atoms with van der Waals surface area (Å²) in [5, 5.41) is 0. The standard InChI is InChI=1S/C18H24N2O/c1-14-11-17(14)18(21)20-10-6-9-19(12-15(20)2)13-16-7-4-3-5-8-16/h3-5,7-8,15,17H,1,6,9-13H2,2H3. The highest BCUT2D eigenvalue weighted by Gasteiger charge is 2.39. The van der Waals surface area contributed by atoms with Crippen LogP contribution in [0.1, 0.15) is 25.3 Å². The van der Waals surface area contributed by atoms with Crippen LogP contribution in [-0.4, -0.2) is 41.4 Å². The zero-order valence-corrected chi connectivity index (χ0v) is 12.8. The van der Waals surface area contributed by atoms with Gasteiger partial charge in [-0.3, -0.25) is 9.69 Å². The first-order valence-corrected chi connectivity index (χ1v) is 7.89. The third-order valence-electron chi connectivity index (χ3n) is 4.56. The van der Waals surface area contributed by atoms with E-state index in [1.807, 2.05) is 0 Å². The highest BCUT2D eigenvalue weighted by Crippen LogP contribution is 2.38. The van der Waals surface area contributed by atoms with Crippen molar-refractivity contribution in [3.8, 4) is 0 Å². The van der Waals surface area contributed by atoms with Gasteiger partial charge < -0.3 is 4.90 Å². The lowest BCUT2D eigenvalue weighted by Crippen LogP contribution is -2.43. The molecule has 1 saturated carbocycles. The Labute approximate surface area is 127 Å². The zero-order valence-electron chi connectivity index (χ0n) is 12.8. The normalized spacial score (nSPS) is 26.5. The third-order valence-corrected chi connectivity index (χ3v) is 4.56. The van der Waals surface area contributed by atoms with Crippen LogP contribution in [0.4, 0.5) is 0 Å². The molecule has 0 spiro atoms. The second kappa shape index (κ2) is 6.02. The summed E-state index contributed by atoms with van der Waals surface area (Å²) in [5.41, 5.74) is 2.46. The highest BCUT2D eigenvalue weighted by atomic mass is 16.2. The first kappa shape index (κ1) is 14.3. The van der Waals surface area contributed by atoms with Crippen molar-refractivity contribution in [1.29, 1.82) is 0 Å². The van der Waals surface area contributed by atoms with Crippen LogP contribution in [0.3, 0.4) is 0 Å². The molecular weight excluding hydrogens is 260 g/mol. The van der Waals surface area contributed by atoms with Gasteiger partial charge in [-0.15, -0.1) is 0 Å². The number of carbonyl (C=O) groups excluding carboxylic acids is 1. The predicted molar refractivity (Wildman–Crippen MR) is 84.8 cm³/mol. The summed E-state index contributed by atoms with van der Waals surface area (Å²) in [6.07, 6.45) is 1.96. The topological polar surface area (TPSA) is 23.6 Å². The van der Waals surface area contributed by atoms with Crippen LogP contribution >= 0.6 is 0 Å². The Balaban J connectivity index is 1.61. The van der Waals surface area contributed by atoms with E-state index in [-0.39, 0.29) is 12.0 Å². The summed E-state index contributed by atoms with van der Waals surface area (Å²) >= 11 is 0. The summed E-state index contributed by atoms with van der Waals surface area (Å²) in [5.74, 6) is 0.419. The molecule has 3 rings (SSSR count). The number of benzene rings is 1. The minimum Gasteiger partial charge on any atom is -0.338 e. The number of amides is 1. The van der Waals surface area contributed by atoms with E-state index in [2.05, 4.69) is 53.6 Å². The molecule has 3 heteroatoms. The van der Waals surface area contributed by atoms with Gasteiger partial charge in [0.25, 0.3) is 0 Å².